The Morgan fingerprint density at radius 3 is 1.29 bits per heavy atom. The molecule has 0 saturated heterocycles. The van der Waals surface area contributed by atoms with Gasteiger partial charge in [0.15, 0.2) is 5.60 Å². The first kappa shape index (κ1) is 40.1. The summed E-state index contributed by atoms with van der Waals surface area (Å²) in [4.78, 5) is 35.6. The van der Waals surface area contributed by atoms with Crippen LogP contribution in [0.4, 0.5) is 0 Å². The minimum Gasteiger partial charge on any atom is -0.550 e. The summed E-state index contributed by atoms with van der Waals surface area (Å²) >= 11 is 0. The normalized spacial score (nSPS) is 12.4. The molecule has 0 rings (SSSR count). The first-order chi connectivity index (χ1) is 17.9. The average molecular weight is 567 g/mol. The second kappa shape index (κ2) is 28.5. The Kier molecular flexibility index (Phi) is 30.1. The Balaban J connectivity index is 0. The van der Waals surface area contributed by atoms with Crippen LogP contribution in [0.5, 0.6) is 0 Å². The number of carbonyl (C=O) groups excluding carboxylic acids is 3. The summed E-state index contributed by atoms with van der Waals surface area (Å²) in [6.45, 7) is 4.68. The monoisotopic (exact) mass is 566 g/mol. The van der Waals surface area contributed by atoms with Crippen LogP contribution in [0.3, 0.4) is 0 Å². The van der Waals surface area contributed by atoms with Crippen molar-refractivity contribution in [2.45, 2.75) is 161 Å². The zero-order valence-electron chi connectivity index (χ0n) is 24.9. The van der Waals surface area contributed by atoms with Gasteiger partial charge in [-0.1, -0.05) is 129 Å². The predicted molar refractivity (Wildman–Crippen MR) is 145 cm³/mol. The molecule has 0 fully saturated rings. The minimum atomic E-state index is -2.47. The standard InChI is InChI=1S/C30H56O7.K/c1-3-5-7-9-11-13-15-17-19-21-23-36-28(33)26-30(35,25-27(31)32)29(34)37-24-22-20-18-16-14-12-10-8-6-4-2;/h35H,3-26H2,1-2H3,(H,31,32);/q;+1/p-1. The van der Waals surface area contributed by atoms with Gasteiger partial charge in [0, 0.05) is 12.4 Å². The van der Waals surface area contributed by atoms with E-state index >= 15 is 0 Å². The number of carboxylic acid groups (broad SMARTS) is 1. The van der Waals surface area contributed by atoms with E-state index in [0.29, 0.717) is 12.8 Å². The first-order valence-corrected chi connectivity index (χ1v) is 15.1. The molecule has 0 aromatic heterocycles. The molecule has 0 saturated carbocycles. The molecule has 0 aliphatic heterocycles. The van der Waals surface area contributed by atoms with Crippen LogP contribution < -0.4 is 56.5 Å². The summed E-state index contributed by atoms with van der Waals surface area (Å²) in [7, 11) is 0. The van der Waals surface area contributed by atoms with Crippen molar-refractivity contribution < 1.29 is 85.5 Å². The van der Waals surface area contributed by atoms with Gasteiger partial charge in [0.25, 0.3) is 0 Å². The van der Waals surface area contributed by atoms with Crippen LogP contribution in [0.2, 0.25) is 0 Å². The van der Waals surface area contributed by atoms with E-state index in [1.165, 1.54) is 77.0 Å². The number of unbranched alkanes of at least 4 members (excludes halogenated alkanes) is 18. The predicted octanol–water partition coefficient (Wildman–Crippen LogP) is 3.18. The quantitative estimate of drug-likeness (QED) is 0.0923. The number of aliphatic hydroxyl groups is 1. The van der Waals surface area contributed by atoms with Gasteiger partial charge >= 0.3 is 63.3 Å². The van der Waals surface area contributed by atoms with Crippen LogP contribution in [0.15, 0.2) is 0 Å². The molecular formula is C30H55KO7. The van der Waals surface area contributed by atoms with Crippen molar-refractivity contribution in [2.24, 2.45) is 0 Å². The number of esters is 2. The maximum absolute atomic E-state index is 12.4. The molecule has 8 heteroatoms. The second-order valence-corrected chi connectivity index (χ2v) is 10.5. The van der Waals surface area contributed by atoms with Crippen LogP contribution in [0.1, 0.15) is 155 Å². The van der Waals surface area contributed by atoms with Crippen LogP contribution in [-0.2, 0) is 23.9 Å². The van der Waals surface area contributed by atoms with E-state index < -0.39 is 36.4 Å². The molecular weight excluding hydrogens is 511 g/mol. The van der Waals surface area contributed by atoms with Crippen molar-refractivity contribution in [3.05, 3.63) is 0 Å². The minimum absolute atomic E-state index is 0. The number of hydrogen-bond acceptors (Lipinski definition) is 7. The Morgan fingerprint density at radius 2 is 0.921 bits per heavy atom. The van der Waals surface area contributed by atoms with Crippen LogP contribution in [0.25, 0.3) is 0 Å². The Morgan fingerprint density at radius 1 is 0.579 bits per heavy atom. The van der Waals surface area contributed by atoms with Crippen molar-refractivity contribution in [1.29, 1.82) is 0 Å². The van der Waals surface area contributed by atoms with Gasteiger partial charge in [-0.25, -0.2) is 4.79 Å². The third-order valence-corrected chi connectivity index (χ3v) is 6.75. The summed E-state index contributed by atoms with van der Waals surface area (Å²) < 4.78 is 10.2. The third-order valence-electron chi connectivity index (χ3n) is 6.75. The van der Waals surface area contributed by atoms with E-state index in [-0.39, 0.29) is 64.6 Å². The van der Waals surface area contributed by atoms with Gasteiger partial charge in [0.05, 0.1) is 19.6 Å². The Labute approximate surface area is 275 Å². The van der Waals surface area contributed by atoms with Gasteiger partial charge in [0.2, 0.25) is 0 Å². The number of rotatable bonds is 27. The van der Waals surface area contributed by atoms with Crippen LogP contribution >= 0.6 is 0 Å². The van der Waals surface area contributed by atoms with E-state index in [4.69, 9.17) is 9.47 Å². The number of hydrogen-bond donors (Lipinski definition) is 1. The maximum atomic E-state index is 12.4. The first-order valence-electron chi connectivity index (χ1n) is 15.1. The molecule has 0 amide bonds. The second-order valence-electron chi connectivity index (χ2n) is 10.5. The largest absolute Gasteiger partial charge is 1.00 e. The Bertz CT molecular complexity index is 585. The van der Waals surface area contributed by atoms with Gasteiger partial charge in [-0.3, -0.25) is 4.79 Å². The van der Waals surface area contributed by atoms with E-state index in [1.807, 2.05) is 0 Å². The van der Waals surface area contributed by atoms with Gasteiger partial charge in [-0.05, 0) is 12.8 Å². The fourth-order valence-corrected chi connectivity index (χ4v) is 4.40. The summed E-state index contributed by atoms with van der Waals surface area (Å²) in [6.07, 6.45) is 21.1. The van der Waals surface area contributed by atoms with Crippen molar-refractivity contribution in [3.63, 3.8) is 0 Å². The molecule has 0 aromatic rings. The van der Waals surface area contributed by atoms with Crippen molar-refractivity contribution >= 4 is 17.9 Å². The Hall–Kier alpha value is 0.00636. The summed E-state index contributed by atoms with van der Waals surface area (Å²) in [5.41, 5.74) is -2.47. The molecule has 1 N–H and O–H groups in total. The molecule has 0 aromatic carbocycles. The molecule has 218 valence electrons. The molecule has 1 atom stereocenters. The number of carboxylic acids is 1. The molecule has 0 spiro atoms. The topological polar surface area (TPSA) is 113 Å². The molecule has 0 aliphatic rings. The average Bonchev–Trinajstić information content (AvgIpc) is 2.85. The van der Waals surface area contributed by atoms with Crippen molar-refractivity contribution in [3.8, 4) is 0 Å². The van der Waals surface area contributed by atoms with E-state index in [2.05, 4.69) is 13.8 Å². The van der Waals surface area contributed by atoms with Gasteiger partial charge in [-0.2, -0.15) is 0 Å². The summed E-state index contributed by atoms with van der Waals surface area (Å²) in [6, 6.07) is 0. The van der Waals surface area contributed by atoms with Crippen LogP contribution in [-0.4, -0.2) is 41.8 Å². The fourth-order valence-electron chi connectivity index (χ4n) is 4.40. The molecule has 0 heterocycles. The number of carbonyl (C=O) groups is 3. The molecule has 0 aliphatic carbocycles. The van der Waals surface area contributed by atoms with E-state index in [9.17, 15) is 24.6 Å². The number of ether oxygens (including phenoxy) is 2. The molecule has 7 nitrogen and oxygen atoms in total. The van der Waals surface area contributed by atoms with Gasteiger partial charge in [0.1, 0.15) is 0 Å². The zero-order chi connectivity index (χ0) is 27.6. The van der Waals surface area contributed by atoms with E-state index in [1.54, 1.807) is 0 Å². The van der Waals surface area contributed by atoms with Gasteiger partial charge < -0.3 is 24.5 Å². The maximum Gasteiger partial charge on any atom is 1.00 e. The molecule has 1 unspecified atom stereocenters. The number of aliphatic carboxylic acids is 1. The molecule has 0 bridgehead atoms. The smallest absolute Gasteiger partial charge is 0.550 e. The fraction of sp³-hybridized carbons (Fsp3) is 0.900. The van der Waals surface area contributed by atoms with Gasteiger partial charge in [-0.15, -0.1) is 0 Å². The molecule has 38 heavy (non-hydrogen) atoms. The third kappa shape index (κ3) is 25.0. The van der Waals surface area contributed by atoms with Crippen molar-refractivity contribution in [2.75, 3.05) is 13.2 Å². The van der Waals surface area contributed by atoms with Crippen LogP contribution in [0, 0.1) is 0 Å². The summed E-state index contributed by atoms with van der Waals surface area (Å²) in [5, 5.41) is 21.7. The van der Waals surface area contributed by atoms with Crippen molar-refractivity contribution in [1.82, 2.24) is 0 Å². The molecule has 0 radical (unpaired) electrons. The summed E-state index contributed by atoms with van der Waals surface area (Å²) in [5.74, 6) is -3.54. The van der Waals surface area contributed by atoms with E-state index in [0.717, 1.165) is 38.5 Å². The zero-order valence-corrected chi connectivity index (χ0v) is 28.0. The SMILES string of the molecule is CCCCCCCCCCCCOC(=O)CC(O)(CC(=O)[O-])C(=O)OCCCCCCCCCCCC.[K+].